The molecule has 0 bridgehead atoms. The third-order valence-corrected chi connectivity index (χ3v) is 5.30. The van der Waals surface area contributed by atoms with Crippen LogP contribution >= 0.6 is 0 Å². The SMILES string of the molecule is Cc1cc(C#CC2CC2)ccc1OC(=O)C(C=NCC1OCC2(CC2)CO1)=NN. The van der Waals surface area contributed by atoms with Crippen LogP contribution in [0.25, 0.3) is 0 Å². The van der Waals surface area contributed by atoms with E-state index in [4.69, 9.17) is 20.1 Å². The van der Waals surface area contributed by atoms with Gasteiger partial charge in [0.1, 0.15) is 5.75 Å². The van der Waals surface area contributed by atoms with E-state index < -0.39 is 12.3 Å². The first kappa shape index (κ1) is 19.6. The summed E-state index contributed by atoms with van der Waals surface area (Å²) >= 11 is 0. The molecular weight excluding hydrogens is 370 g/mol. The number of esters is 1. The van der Waals surface area contributed by atoms with Gasteiger partial charge in [-0.2, -0.15) is 5.10 Å². The number of nitrogens with two attached hydrogens (primary N) is 1. The molecule has 0 atom stereocenters. The fraction of sp³-hybridized carbons (Fsp3) is 0.500. The van der Waals surface area contributed by atoms with Crippen LogP contribution in [-0.2, 0) is 14.3 Å². The summed E-state index contributed by atoms with van der Waals surface area (Å²) in [6.45, 7) is 3.54. The maximum Gasteiger partial charge on any atom is 0.365 e. The molecule has 2 N–H and O–H groups in total. The molecule has 0 unspecified atom stereocenters. The number of hydrogen-bond acceptors (Lipinski definition) is 7. The van der Waals surface area contributed by atoms with Crippen molar-refractivity contribution >= 4 is 17.9 Å². The minimum atomic E-state index is -0.668. The van der Waals surface area contributed by atoms with Gasteiger partial charge >= 0.3 is 5.97 Å². The highest BCUT2D eigenvalue weighted by molar-refractivity contribution is 6.59. The molecule has 1 aromatic carbocycles. The first-order valence-electron chi connectivity index (χ1n) is 9.92. The monoisotopic (exact) mass is 395 g/mol. The molecule has 1 saturated heterocycles. The van der Waals surface area contributed by atoms with Gasteiger partial charge < -0.3 is 20.1 Å². The molecule has 29 heavy (non-hydrogen) atoms. The van der Waals surface area contributed by atoms with Crippen molar-refractivity contribution in [2.24, 2.45) is 27.3 Å². The molecule has 1 heterocycles. The van der Waals surface area contributed by atoms with E-state index in [1.165, 1.54) is 19.1 Å². The van der Waals surface area contributed by atoms with Crippen LogP contribution in [0.15, 0.2) is 28.3 Å². The Labute approximate surface area is 170 Å². The van der Waals surface area contributed by atoms with Crippen LogP contribution in [-0.4, -0.2) is 43.9 Å². The van der Waals surface area contributed by atoms with Gasteiger partial charge in [-0.3, -0.25) is 4.99 Å². The zero-order valence-corrected chi connectivity index (χ0v) is 16.5. The largest absolute Gasteiger partial charge is 0.421 e. The Balaban J connectivity index is 1.29. The molecule has 2 saturated carbocycles. The number of aryl methyl sites for hydroxylation is 1. The smallest absolute Gasteiger partial charge is 0.365 e. The van der Waals surface area contributed by atoms with Crippen molar-refractivity contribution < 1.29 is 19.0 Å². The van der Waals surface area contributed by atoms with Gasteiger partial charge in [-0.1, -0.05) is 11.8 Å². The number of hydrazone groups is 1. The fourth-order valence-corrected chi connectivity index (χ4v) is 2.97. The lowest BCUT2D eigenvalue weighted by molar-refractivity contribution is -0.201. The molecule has 1 aliphatic heterocycles. The highest BCUT2D eigenvalue weighted by Crippen LogP contribution is 2.48. The predicted molar refractivity (Wildman–Crippen MR) is 109 cm³/mol. The van der Waals surface area contributed by atoms with Crippen molar-refractivity contribution in [1.29, 1.82) is 0 Å². The van der Waals surface area contributed by atoms with E-state index in [-0.39, 0.29) is 17.7 Å². The van der Waals surface area contributed by atoms with E-state index in [2.05, 4.69) is 21.9 Å². The van der Waals surface area contributed by atoms with Crippen LogP contribution in [0.3, 0.4) is 0 Å². The van der Waals surface area contributed by atoms with Crippen LogP contribution in [0.5, 0.6) is 5.75 Å². The maximum absolute atomic E-state index is 12.4. The Kier molecular flexibility index (Phi) is 5.65. The molecule has 1 spiro atoms. The van der Waals surface area contributed by atoms with Crippen molar-refractivity contribution in [1.82, 2.24) is 0 Å². The lowest BCUT2D eigenvalue weighted by Gasteiger charge is -2.28. The second kappa shape index (κ2) is 8.36. The molecule has 7 nitrogen and oxygen atoms in total. The Morgan fingerprint density at radius 2 is 2.10 bits per heavy atom. The van der Waals surface area contributed by atoms with Crippen molar-refractivity contribution in [3.63, 3.8) is 0 Å². The van der Waals surface area contributed by atoms with E-state index >= 15 is 0 Å². The lowest BCUT2D eigenvalue weighted by atomic mass is 10.1. The molecule has 0 amide bonds. The van der Waals surface area contributed by atoms with Crippen LogP contribution in [0.1, 0.15) is 36.8 Å². The number of ether oxygens (including phenoxy) is 3. The summed E-state index contributed by atoms with van der Waals surface area (Å²) in [5.41, 5.74) is 1.89. The highest BCUT2D eigenvalue weighted by atomic mass is 16.7. The summed E-state index contributed by atoms with van der Waals surface area (Å²) in [5, 5.41) is 3.49. The number of benzene rings is 1. The van der Waals surface area contributed by atoms with Crippen molar-refractivity contribution in [3.8, 4) is 17.6 Å². The Hall–Kier alpha value is -2.69. The quantitative estimate of drug-likeness (QED) is 0.206. The summed E-state index contributed by atoms with van der Waals surface area (Å²) in [6, 6.07) is 5.46. The summed E-state index contributed by atoms with van der Waals surface area (Å²) in [6.07, 6.45) is 5.58. The minimum Gasteiger partial charge on any atom is -0.421 e. The van der Waals surface area contributed by atoms with Crippen LogP contribution < -0.4 is 10.6 Å². The van der Waals surface area contributed by atoms with Gasteiger partial charge in [-0.05, 0) is 56.4 Å². The average molecular weight is 395 g/mol. The first-order valence-corrected chi connectivity index (χ1v) is 9.92. The normalized spacial score (nSPS) is 21.1. The van der Waals surface area contributed by atoms with E-state index in [0.29, 0.717) is 24.9 Å². The minimum absolute atomic E-state index is 0.0727. The third-order valence-electron chi connectivity index (χ3n) is 5.30. The molecule has 0 radical (unpaired) electrons. The van der Waals surface area contributed by atoms with Gasteiger partial charge in [0.05, 0.1) is 26.0 Å². The second-order valence-corrected chi connectivity index (χ2v) is 7.97. The fourth-order valence-electron chi connectivity index (χ4n) is 2.97. The van der Waals surface area contributed by atoms with Gasteiger partial charge in [0.15, 0.2) is 12.0 Å². The van der Waals surface area contributed by atoms with E-state index in [1.807, 2.05) is 19.1 Å². The Morgan fingerprint density at radius 3 is 2.72 bits per heavy atom. The summed E-state index contributed by atoms with van der Waals surface area (Å²) < 4.78 is 16.7. The highest BCUT2D eigenvalue weighted by Gasteiger charge is 2.46. The number of nitrogens with zero attached hydrogens (tertiary/aromatic N) is 2. The summed E-state index contributed by atoms with van der Waals surface area (Å²) in [5.74, 6) is 12.0. The number of rotatable bonds is 5. The van der Waals surface area contributed by atoms with Gasteiger partial charge in [-0.25, -0.2) is 4.79 Å². The van der Waals surface area contributed by atoms with Crippen LogP contribution in [0, 0.1) is 30.1 Å². The zero-order chi connectivity index (χ0) is 20.3. The molecule has 0 aromatic heterocycles. The standard InChI is InChI=1S/C22H25N3O4/c1-15-10-17(5-4-16-2-3-16)6-7-19(15)29-21(26)18(25-23)11-24-12-20-27-13-22(8-9-22)14-28-20/h6-7,10-11,16,20H,2-3,8-9,12-14,23H2,1H3. The number of carbonyl (C=O) groups is 1. The molecular formula is C22H25N3O4. The van der Waals surface area contributed by atoms with E-state index in [0.717, 1.165) is 24.0 Å². The first-order chi connectivity index (χ1) is 14.1. The van der Waals surface area contributed by atoms with E-state index in [1.54, 1.807) is 6.07 Å². The summed E-state index contributed by atoms with van der Waals surface area (Å²) in [7, 11) is 0. The number of hydrogen-bond donors (Lipinski definition) is 1. The van der Waals surface area contributed by atoms with Crippen molar-refractivity contribution in [2.75, 3.05) is 19.8 Å². The molecule has 3 fully saturated rings. The van der Waals surface area contributed by atoms with Gasteiger partial charge in [0.2, 0.25) is 0 Å². The molecule has 4 rings (SSSR count). The van der Waals surface area contributed by atoms with E-state index in [9.17, 15) is 4.79 Å². The second-order valence-electron chi connectivity index (χ2n) is 7.97. The predicted octanol–water partition coefficient (Wildman–Crippen LogP) is 2.20. The van der Waals surface area contributed by atoms with Gasteiger partial charge in [-0.15, -0.1) is 0 Å². The lowest BCUT2D eigenvalue weighted by Crippen LogP contribution is -2.35. The molecule has 152 valence electrons. The topological polar surface area (TPSA) is 95.5 Å². The average Bonchev–Trinajstić information content (AvgIpc) is 3.64. The zero-order valence-electron chi connectivity index (χ0n) is 16.5. The van der Waals surface area contributed by atoms with Crippen LogP contribution in [0.2, 0.25) is 0 Å². The maximum atomic E-state index is 12.4. The van der Waals surface area contributed by atoms with Crippen LogP contribution in [0.4, 0.5) is 0 Å². The molecule has 3 aliphatic rings. The third kappa shape index (κ3) is 5.22. The van der Waals surface area contributed by atoms with Gasteiger partial charge in [0.25, 0.3) is 0 Å². The molecule has 2 aliphatic carbocycles. The Bertz CT molecular complexity index is 894. The Morgan fingerprint density at radius 1 is 1.34 bits per heavy atom. The molecule has 1 aromatic rings. The number of carbonyl (C=O) groups excluding carboxylic acids is 1. The number of aliphatic imine (C=N–C) groups is 1. The van der Waals surface area contributed by atoms with Gasteiger partial charge in [0, 0.05) is 16.9 Å². The summed E-state index contributed by atoms with van der Waals surface area (Å²) in [4.78, 5) is 16.5. The van der Waals surface area contributed by atoms with Crippen molar-refractivity contribution in [3.05, 3.63) is 29.3 Å². The van der Waals surface area contributed by atoms with Crippen molar-refractivity contribution in [2.45, 2.75) is 38.9 Å². The molecule has 7 heteroatoms.